The summed E-state index contributed by atoms with van der Waals surface area (Å²) in [5.74, 6) is 0. The van der Waals surface area contributed by atoms with E-state index in [4.69, 9.17) is 0 Å². The van der Waals surface area contributed by atoms with Crippen molar-refractivity contribution in [2.75, 3.05) is 0 Å². The molecular weight excluding hydrogens is 583 g/mol. The van der Waals surface area contributed by atoms with Gasteiger partial charge in [-0.1, -0.05) is 199 Å². The van der Waals surface area contributed by atoms with E-state index in [1.807, 2.05) is 12.5 Å². The van der Waals surface area contributed by atoms with Gasteiger partial charge in [-0.25, -0.2) is 4.98 Å². The van der Waals surface area contributed by atoms with Crippen LogP contribution in [0.5, 0.6) is 0 Å². The van der Waals surface area contributed by atoms with Gasteiger partial charge in [0, 0.05) is 18.6 Å². The van der Waals surface area contributed by atoms with Crippen LogP contribution in [0.25, 0.3) is 0 Å². The lowest BCUT2D eigenvalue weighted by Crippen LogP contribution is -2.69. The summed E-state index contributed by atoms with van der Waals surface area (Å²) in [6.07, 6.45) is 6.85. The first-order valence-electron chi connectivity index (χ1n) is 16.8. The fourth-order valence-corrected chi connectivity index (χ4v) is 10.9. The van der Waals surface area contributed by atoms with E-state index in [9.17, 15) is 0 Å². The number of hydrogen-bond donors (Lipinski definition) is 0. The monoisotopic (exact) mass is 632 g/mol. The third kappa shape index (κ3) is 8.12. The topological polar surface area (TPSA) is 17.8 Å². The standard InChI is InChI=1S/C30H36N2Si.C13H13B/c1-29(2,3)24-12-16-27(17-13-24)33(23-32-21-20-31-22-32,26-10-8-7-9-11-26)28-18-14-25(15-19-28)30(4,5)6;1-14(12-8-4-2-5-9-12)13-10-6-3-7-11-13/h7-22H,23H2,1-6H3;2-11H,1H3. The lowest BCUT2D eigenvalue weighted by Gasteiger charge is -2.35. The molecule has 0 aliphatic rings. The summed E-state index contributed by atoms with van der Waals surface area (Å²) in [5, 5.41) is 4.28. The largest absolute Gasteiger partial charge is 0.339 e. The lowest BCUT2D eigenvalue weighted by molar-refractivity contribution is 0.590. The number of hydrogen-bond acceptors (Lipinski definition) is 1. The predicted molar refractivity (Wildman–Crippen MR) is 207 cm³/mol. The van der Waals surface area contributed by atoms with Crippen LogP contribution in [0.2, 0.25) is 6.82 Å². The van der Waals surface area contributed by atoms with E-state index in [0.29, 0.717) is 6.71 Å². The minimum absolute atomic E-state index is 0.133. The summed E-state index contributed by atoms with van der Waals surface area (Å²) in [5.41, 5.74) is 5.75. The van der Waals surface area contributed by atoms with Gasteiger partial charge in [-0.3, -0.25) is 0 Å². The van der Waals surface area contributed by atoms with E-state index >= 15 is 0 Å². The Balaban J connectivity index is 0.000000257. The highest BCUT2D eigenvalue weighted by atomic mass is 28.3. The molecule has 0 aliphatic heterocycles. The van der Waals surface area contributed by atoms with Gasteiger partial charge in [-0.2, -0.15) is 0 Å². The third-order valence-corrected chi connectivity index (χ3v) is 14.1. The molecule has 0 unspecified atom stereocenters. The maximum Gasteiger partial charge on any atom is 0.206 e. The number of rotatable bonds is 7. The molecule has 5 aromatic carbocycles. The van der Waals surface area contributed by atoms with E-state index in [1.54, 1.807) is 0 Å². The van der Waals surface area contributed by atoms with Gasteiger partial charge in [0.05, 0.1) is 6.33 Å². The molecular formula is C43H49BN2Si. The van der Waals surface area contributed by atoms with Crippen LogP contribution >= 0.6 is 0 Å². The predicted octanol–water partition coefficient (Wildman–Crippen LogP) is 7.11. The van der Waals surface area contributed by atoms with Gasteiger partial charge in [-0.15, -0.1) is 0 Å². The molecule has 0 saturated carbocycles. The summed E-state index contributed by atoms with van der Waals surface area (Å²) in [7, 11) is -2.37. The normalized spacial score (nSPS) is 11.8. The second kappa shape index (κ2) is 14.6. The molecule has 0 amide bonds. The van der Waals surface area contributed by atoms with Crippen molar-refractivity contribution in [2.45, 2.75) is 65.4 Å². The van der Waals surface area contributed by atoms with Crippen molar-refractivity contribution in [3.63, 3.8) is 0 Å². The van der Waals surface area contributed by atoms with Gasteiger partial charge in [0.1, 0.15) is 0 Å². The molecule has 0 saturated heterocycles. The van der Waals surface area contributed by atoms with Crippen LogP contribution in [-0.2, 0) is 17.0 Å². The van der Waals surface area contributed by atoms with E-state index in [2.05, 4.69) is 204 Å². The van der Waals surface area contributed by atoms with Crippen LogP contribution in [0, 0.1) is 0 Å². The second-order valence-corrected chi connectivity index (χ2v) is 18.6. The van der Waals surface area contributed by atoms with E-state index < -0.39 is 8.07 Å². The lowest BCUT2D eigenvalue weighted by atomic mass is 9.43. The van der Waals surface area contributed by atoms with Crippen molar-refractivity contribution >= 4 is 41.3 Å². The van der Waals surface area contributed by atoms with Gasteiger partial charge in [0.2, 0.25) is 6.71 Å². The molecule has 0 atom stereocenters. The molecule has 238 valence electrons. The first-order valence-corrected chi connectivity index (χ1v) is 19.0. The van der Waals surface area contributed by atoms with Crippen molar-refractivity contribution in [1.82, 2.24) is 9.55 Å². The summed E-state index contributed by atoms with van der Waals surface area (Å²) in [6.45, 7) is 16.4. The van der Waals surface area contributed by atoms with Crippen LogP contribution in [0.3, 0.4) is 0 Å². The highest BCUT2D eigenvalue weighted by Gasteiger charge is 2.40. The fraction of sp³-hybridized carbons (Fsp3) is 0.233. The maximum absolute atomic E-state index is 4.37. The molecule has 6 aromatic rings. The summed E-state index contributed by atoms with van der Waals surface area (Å²) < 4.78 is 2.26. The minimum atomic E-state index is -2.37. The van der Waals surface area contributed by atoms with E-state index in [-0.39, 0.29) is 10.8 Å². The minimum Gasteiger partial charge on any atom is -0.339 e. The van der Waals surface area contributed by atoms with Crippen molar-refractivity contribution in [2.24, 2.45) is 0 Å². The number of benzene rings is 5. The molecule has 47 heavy (non-hydrogen) atoms. The molecule has 4 heteroatoms. The molecule has 0 aliphatic carbocycles. The quantitative estimate of drug-likeness (QED) is 0.136. The van der Waals surface area contributed by atoms with E-state index in [1.165, 1.54) is 37.6 Å². The highest BCUT2D eigenvalue weighted by Crippen LogP contribution is 2.24. The van der Waals surface area contributed by atoms with Crippen molar-refractivity contribution in [1.29, 1.82) is 0 Å². The SMILES string of the molecule is CB(c1ccccc1)c1ccccc1.CC(C)(C)c1ccc([Si](Cn2ccnc2)(c2ccccc2)c2ccc(C(C)(C)C)cc2)cc1. The third-order valence-electron chi connectivity index (χ3n) is 9.33. The van der Waals surface area contributed by atoms with Crippen molar-refractivity contribution in [3.05, 3.63) is 169 Å². The van der Waals surface area contributed by atoms with Crippen molar-refractivity contribution < 1.29 is 0 Å². The molecule has 6 rings (SSSR count). The van der Waals surface area contributed by atoms with Crippen LogP contribution < -0.4 is 26.5 Å². The molecule has 0 fully saturated rings. The van der Waals surface area contributed by atoms with Gasteiger partial charge in [-0.05, 0) is 37.5 Å². The summed E-state index contributed by atoms with van der Waals surface area (Å²) in [6, 6.07) is 51.2. The van der Waals surface area contributed by atoms with Gasteiger partial charge in [0.15, 0.2) is 8.07 Å². The van der Waals surface area contributed by atoms with Crippen LogP contribution in [0.15, 0.2) is 158 Å². The molecule has 1 aromatic heterocycles. The van der Waals surface area contributed by atoms with Gasteiger partial charge in [0.25, 0.3) is 0 Å². The molecule has 0 radical (unpaired) electrons. The number of nitrogens with zero attached hydrogens (tertiary/aromatic N) is 2. The Hall–Kier alpha value is -4.41. The molecule has 0 N–H and O–H groups in total. The number of imidazole rings is 1. The average Bonchev–Trinajstić information content (AvgIpc) is 3.61. The fourth-order valence-electron chi connectivity index (χ4n) is 6.34. The Morgan fingerprint density at radius 2 is 0.915 bits per heavy atom. The maximum atomic E-state index is 4.37. The molecule has 1 heterocycles. The second-order valence-electron chi connectivity index (χ2n) is 14.7. The average molecular weight is 633 g/mol. The zero-order valence-electron chi connectivity index (χ0n) is 29.2. The van der Waals surface area contributed by atoms with Gasteiger partial charge >= 0.3 is 0 Å². The zero-order valence-corrected chi connectivity index (χ0v) is 30.2. The van der Waals surface area contributed by atoms with Gasteiger partial charge < -0.3 is 4.57 Å². The molecule has 0 spiro atoms. The summed E-state index contributed by atoms with van der Waals surface area (Å²) in [4.78, 5) is 4.37. The first-order chi connectivity index (χ1) is 22.5. The first kappa shape index (κ1) is 33.9. The molecule has 0 bridgehead atoms. The Labute approximate surface area is 284 Å². The summed E-state index contributed by atoms with van der Waals surface area (Å²) >= 11 is 0. The van der Waals surface area contributed by atoms with E-state index in [0.717, 1.165) is 6.17 Å². The Bertz CT molecular complexity index is 1690. The highest BCUT2D eigenvalue weighted by molar-refractivity contribution is 7.10. The van der Waals surface area contributed by atoms with Crippen LogP contribution in [0.1, 0.15) is 52.7 Å². The Morgan fingerprint density at radius 3 is 1.28 bits per heavy atom. The zero-order chi connectivity index (χ0) is 33.5. The Morgan fingerprint density at radius 1 is 0.532 bits per heavy atom. The van der Waals surface area contributed by atoms with Crippen molar-refractivity contribution in [3.8, 4) is 0 Å². The van der Waals surface area contributed by atoms with Crippen LogP contribution in [0.4, 0.5) is 0 Å². The van der Waals surface area contributed by atoms with Crippen LogP contribution in [-0.4, -0.2) is 24.3 Å². The Kier molecular flexibility index (Phi) is 10.5. The number of aromatic nitrogens is 2. The molecule has 2 nitrogen and oxygen atoms in total. The smallest absolute Gasteiger partial charge is 0.206 e.